The number of thiocarbonyl (C=S) groups is 1. The van der Waals surface area contributed by atoms with E-state index in [1.54, 1.807) is 0 Å². The smallest absolute Gasteiger partial charge is 0.408 e. The number of amides is 1. The highest BCUT2D eigenvalue weighted by Crippen LogP contribution is 2.24. The predicted molar refractivity (Wildman–Crippen MR) is 83.6 cm³/mol. The Morgan fingerprint density at radius 2 is 2.28 bits per heavy atom. The van der Waals surface area contributed by atoms with Crippen molar-refractivity contribution in [3.05, 3.63) is 0 Å². The Morgan fingerprint density at radius 1 is 1.61 bits per heavy atom. The number of ether oxygens (including phenoxy) is 1. The maximum atomic E-state index is 11.5. The van der Waals surface area contributed by atoms with Gasteiger partial charge < -0.3 is 15.0 Å². The van der Waals surface area contributed by atoms with Gasteiger partial charge in [-0.05, 0) is 20.8 Å². The third-order valence-electron chi connectivity index (χ3n) is 2.25. The van der Waals surface area contributed by atoms with E-state index >= 15 is 0 Å². The van der Waals surface area contributed by atoms with Crippen molar-refractivity contribution in [2.45, 2.75) is 31.7 Å². The SMILES string of the molecule is CC(C)(C)OC(=O)NCC(=S)N1CCS[C@@H]1CS. The number of carbonyl (C=O) groups is 1. The summed E-state index contributed by atoms with van der Waals surface area (Å²) in [7, 11) is 0. The molecule has 7 heteroatoms. The van der Waals surface area contributed by atoms with Gasteiger partial charge in [0.25, 0.3) is 0 Å². The molecule has 4 nitrogen and oxygen atoms in total. The molecule has 1 aliphatic rings. The predicted octanol–water partition coefficient (Wildman–Crippen LogP) is 2.14. The minimum atomic E-state index is -0.483. The van der Waals surface area contributed by atoms with Crippen molar-refractivity contribution in [2.75, 3.05) is 24.6 Å². The summed E-state index contributed by atoms with van der Waals surface area (Å²) in [5.41, 5.74) is -0.483. The Balaban J connectivity index is 2.35. The minimum absolute atomic E-state index is 0.321. The number of nitrogens with one attached hydrogen (secondary N) is 1. The summed E-state index contributed by atoms with van der Waals surface area (Å²) in [6.07, 6.45) is -0.431. The summed E-state index contributed by atoms with van der Waals surface area (Å²) in [5.74, 6) is 1.81. The average Bonchev–Trinajstić information content (AvgIpc) is 2.71. The molecule has 0 aromatic carbocycles. The lowest BCUT2D eigenvalue weighted by Gasteiger charge is -2.25. The van der Waals surface area contributed by atoms with Crippen molar-refractivity contribution >= 4 is 47.7 Å². The molecule has 1 aliphatic heterocycles. The molecule has 104 valence electrons. The lowest BCUT2D eigenvalue weighted by molar-refractivity contribution is 0.0535. The standard InChI is InChI=1S/C11H20N2O2S3/c1-11(2,3)15-10(14)12-6-8(17)13-4-5-18-9(13)7-16/h9,16H,4-7H2,1-3H3,(H,12,14)/t9-/m1/s1. The molecule has 0 spiro atoms. The summed E-state index contributed by atoms with van der Waals surface area (Å²) in [4.78, 5) is 14.4. The Bertz CT molecular complexity index is 318. The number of thioether (sulfide) groups is 1. The molecule has 1 atom stereocenters. The lowest BCUT2D eigenvalue weighted by Crippen LogP contribution is -2.43. The second-order valence-electron chi connectivity index (χ2n) is 4.95. The zero-order valence-corrected chi connectivity index (χ0v) is 13.5. The van der Waals surface area contributed by atoms with Crippen LogP contribution in [-0.4, -0.2) is 51.6 Å². The summed E-state index contributed by atoms with van der Waals surface area (Å²) < 4.78 is 5.16. The Hall–Kier alpha value is -0.140. The number of alkyl carbamates (subject to hydrolysis) is 1. The summed E-state index contributed by atoms with van der Waals surface area (Å²) in [6, 6.07) is 0. The van der Waals surface area contributed by atoms with Crippen LogP contribution in [0.25, 0.3) is 0 Å². The fraction of sp³-hybridized carbons (Fsp3) is 0.818. The molecule has 1 fully saturated rings. The lowest BCUT2D eigenvalue weighted by atomic mass is 10.2. The zero-order valence-electron chi connectivity index (χ0n) is 10.9. The number of carbonyl (C=O) groups excluding carboxylic acids is 1. The molecule has 1 N–H and O–H groups in total. The minimum Gasteiger partial charge on any atom is -0.444 e. The molecule has 1 amide bonds. The quantitative estimate of drug-likeness (QED) is 0.618. The first-order valence-corrected chi connectivity index (χ1v) is 7.91. The number of thiol groups is 1. The van der Waals surface area contributed by atoms with Crippen molar-refractivity contribution < 1.29 is 9.53 Å². The van der Waals surface area contributed by atoms with Crippen molar-refractivity contribution in [3.63, 3.8) is 0 Å². The monoisotopic (exact) mass is 308 g/mol. The van der Waals surface area contributed by atoms with Gasteiger partial charge in [-0.15, -0.1) is 11.8 Å². The van der Waals surface area contributed by atoms with Gasteiger partial charge in [-0.2, -0.15) is 12.6 Å². The zero-order chi connectivity index (χ0) is 13.8. The maximum Gasteiger partial charge on any atom is 0.408 e. The van der Waals surface area contributed by atoms with Gasteiger partial charge in [0.15, 0.2) is 0 Å². The van der Waals surface area contributed by atoms with E-state index in [1.807, 2.05) is 32.5 Å². The Kier molecular flexibility index (Phi) is 6.07. The van der Waals surface area contributed by atoms with Crippen LogP contribution in [0.5, 0.6) is 0 Å². The largest absolute Gasteiger partial charge is 0.444 e. The highest BCUT2D eigenvalue weighted by molar-refractivity contribution is 8.00. The Labute approximate surface area is 124 Å². The molecule has 0 radical (unpaired) electrons. The van der Waals surface area contributed by atoms with Crippen LogP contribution in [0.3, 0.4) is 0 Å². The first kappa shape index (κ1) is 15.9. The van der Waals surface area contributed by atoms with Crippen LogP contribution in [0, 0.1) is 0 Å². The van der Waals surface area contributed by atoms with Crippen LogP contribution < -0.4 is 5.32 Å². The van der Waals surface area contributed by atoms with E-state index in [2.05, 4.69) is 22.8 Å². The molecule has 0 saturated carbocycles. The fourth-order valence-corrected chi connectivity index (χ4v) is 3.48. The van der Waals surface area contributed by atoms with Crippen LogP contribution in [0.15, 0.2) is 0 Å². The summed E-state index contributed by atoms with van der Waals surface area (Å²) in [5, 5.41) is 3.00. The molecular weight excluding hydrogens is 288 g/mol. The summed E-state index contributed by atoms with van der Waals surface area (Å²) >= 11 is 11.5. The van der Waals surface area contributed by atoms with Crippen molar-refractivity contribution in [1.82, 2.24) is 10.2 Å². The van der Waals surface area contributed by atoms with Gasteiger partial charge in [0.2, 0.25) is 0 Å². The average molecular weight is 308 g/mol. The Morgan fingerprint density at radius 3 is 2.83 bits per heavy atom. The van der Waals surface area contributed by atoms with E-state index < -0.39 is 11.7 Å². The van der Waals surface area contributed by atoms with E-state index in [1.165, 1.54) is 0 Å². The second-order valence-corrected chi connectivity index (χ2v) is 7.07. The highest BCUT2D eigenvalue weighted by Gasteiger charge is 2.26. The molecular formula is C11H20N2O2S3. The number of hydrogen-bond acceptors (Lipinski definition) is 5. The van der Waals surface area contributed by atoms with Crippen molar-refractivity contribution in [1.29, 1.82) is 0 Å². The van der Waals surface area contributed by atoms with Gasteiger partial charge in [-0.1, -0.05) is 12.2 Å². The van der Waals surface area contributed by atoms with Gasteiger partial charge in [-0.3, -0.25) is 0 Å². The highest BCUT2D eigenvalue weighted by atomic mass is 32.2. The van der Waals surface area contributed by atoms with Gasteiger partial charge in [0.05, 0.1) is 16.9 Å². The molecule has 0 aromatic heterocycles. The first-order valence-electron chi connectivity index (χ1n) is 5.82. The van der Waals surface area contributed by atoms with E-state index in [0.717, 1.165) is 23.0 Å². The second kappa shape index (κ2) is 6.86. The van der Waals surface area contributed by atoms with E-state index in [0.29, 0.717) is 11.9 Å². The van der Waals surface area contributed by atoms with Crippen molar-refractivity contribution in [3.8, 4) is 0 Å². The molecule has 1 heterocycles. The van der Waals surface area contributed by atoms with Crippen molar-refractivity contribution in [2.24, 2.45) is 0 Å². The van der Waals surface area contributed by atoms with Crippen LogP contribution in [0.4, 0.5) is 4.79 Å². The van der Waals surface area contributed by atoms with Gasteiger partial charge in [-0.25, -0.2) is 4.79 Å². The summed E-state index contributed by atoms with van der Waals surface area (Å²) in [6.45, 7) is 6.76. The van der Waals surface area contributed by atoms with E-state index in [4.69, 9.17) is 17.0 Å². The topological polar surface area (TPSA) is 41.6 Å². The number of nitrogens with zero attached hydrogens (tertiary/aromatic N) is 1. The first-order chi connectivity index (χ1) is 8.33. The van der Waals surface area contributed by atoms with Gasteiger partial charge in [0.1, 0.15) is 5.60 Å². The normalized spacial score (nSPS) is 19.8. The molecule has 18 heavy (non-hydrogen) atoms. The molecule has 0 unspecified atom stereocenters. The third-order valence-corrected chi connectivity index (χ3v) is 4.45. The third kappa shape index (κ3) is 5.24. The number of hydrogen-bond donors (Lipinski definition) is 2. The maximum absolute atomic E-state index is 11.5. The van der Waals surface area contributed by atoms with Crippen LogP contribution in [-0.2, 0) is 4.74 Å². The number of rotatable bonds is 3. The van der Waals surface area contributed by atoms with Gasteiger partial charge in [0, 0.05) is 18.1 Å². The molecule has 1 saturated heterocycles. The van der Waals surface area contributed by atoms with Crippen LogP contribution in [0.1, 0.15) is 20.8 Å². The molecule has 0 aromatic rings. The van der Waals surface area contributed by atoms with Gasteiger partial charge >= 0.3 is 6.09 Å². The van der Waals surface area contributed by atoms with Crippen LogP contribution >= 0.6 is 36.6 Å². The van der Waals surface area contributed by atoms with E-state index in [-0.39, 0.29) is 0 Å². The molecule has 1 rings (SSSR count). The van der Waals surface area contributed by atoms with Crippen LogP contribution in [0.2, 0.25) is 0 Å². The molecule has 0 bridgehead atoms. The van der Waals surface area contributed by atoms with E-state index in [9.17, 15) is 4.79 Å². The molecule has 0 aliphatic carbocycles. The fourth-order valence-electron chi connectivity index (χ4n) is 1.52.